The minimum atomic E-state index is -0.623. The van der Waals surface area contributed by atoms with E-state index in [1.807, 2.05) is 97.1 Å². The monoisotopic (exact) mass is 497 g/mol. The van der Waals surface area contributed by atoms with Crippen LogP contribution in [0.5, 0.6) is 11.5 Å². The standard InChI is InChI=1S/C32H26N4O2/c37-25-17-15-21-9-1-3-11-23(21)29(25)31(35-27-13-5-7-19-33-27)32(36-28-14-6-8-20-34-28)30-24-12-4-2-10-22(24)16-18-26(30)38/h1-20,31-32,37-38H,(H,33,35)(H,34,36)/p-1. The molecule has 2 aromatic heterocycles. The topological polar surface area (TPSA) is 93.1 Å². The molecule has 0 amide bonds. The molecule has 4 aromatic carbocycles. The number of aromatic nitrogens is 2. The Morgan fingerprint density at radius 3 is 1.63 bits per heavy atom. The van der Waals surface area contributed by atoms with Gasteiger partial charge in [-0.05, 0) is 57.4 Å². The average Bonchev–Trinajstić information content (AvgIpc) is 2.96. The van der Waals surface area contributed by atoms with Crippen LogP contribution in [0.3, 0.4) is 0 Å². The van der Waals surface area contributed by atoms with E-state index in [9.17, 15) is 10.2 Å². The van der Waals surface area contributed by atoms with Crippen molar-refractivity contribution in [1.29, 1.82) is 0 Å². The van der Waals surface area contributed by atoms with Crippen molar-refractivity contribution in [3.63, 3.8) is 0 Å². The van der Waals surface area contributed by atoms with Crippen molar-refractivity contribution in [2.75, 3.05) is 10.6 Å². The Hall–Kier alpha value is -5.10. The Labute approximate surface area is 220 Å². The summed E-state index contributed by atoms with van der Waals surface area (Å²) in [5.74, 6) is 1.24. The predicted molar refractivity (Wildman–Crippen MR) is 150 cm³/mol. The van der Waals surface area contributed by atoms with Crippen LogP contribution in [0.25, 0.3) is 21.5 Å². The number of hydrogen-bond acceptors (Lipinski definition) is 6. The first-order valence-electron chi connectivity index (χ1n) is 12.4. The van der Waals surface area contributed by atoms with Gasteiger partial charge in [-0.3, -0.25) is 0 Å². The Bertz CT molecular complexity index is 1580. The first kappa shape index (κ1) is 23.3. The zero-order valence-electron chi connectivity index (χ0n) is 20.5. The second-order valence-corrected chi connectivity index (χ2v) is 9.09. The number of benzene rings is 4. The molecule has 2 heterocycles. The van der Waals surface area contributed by atoms with E-state index in [-0.39, 0.29) is 11.5 Å². The summed E-state index contributed by atoms with van der Waals surface area (Å²) in [4.78, 5) is 9.01. The lowest BCUT2D eigenvalue weighted by molar-refractivity contribution is -0.269. The Kier molecular flexibility index (Phi) is 6.20. The minimum Gasteiger partial charge on any atom is -0.872 e. The molecule has 6 heteroatoms. The average molecular weight is 498 g/mol. The van der Waals surface area contributed by atoms with Gasteiger partial charge < -0.3 is 20.8 Å². The smallest absolute Gasteiger partial charge is 0.126 e. The molecule has 0 aliphatic carbocycles. The van der Waals surface area contributed by atoms with E-state index in [4.69, 9.17) is 0 Å². The summed E-state index contributed by atoms with van der Waals surface area (Å²) >= 11 is 0. The molecule has 0 saturated carbocycles. The van der Waals surface area contributed by atoms with Crippen LogP contribution in [0, 0.1) is 0 Å². The van der Waals surface area contributed by atoms with E-state index in [0.29, 0.717) is 22.8 Å². The van der Waals surface area contributed by atoms with E-state index < -0.39 is 12.1 Å². The molecule has 6 nitrogen and oxygen atoms in total. The number of rotatable bonds is 7. The summed E-state index contributed by atoms with van der Waals surface area (Å²) in [6.07, 6.45) is 3.41. The number of phenolic OH excluding ortho intramolecular Hbond substituents is 1. The number of anilines is 2. The maximum Gasteiger partial charge on any atom is 0.126 e. The molecule has 0 fully saturated rings. The summed E-state index contributed by atoms with van der Waals surface area (Å²) in [5, 5.41) is 35.7. The summed E-state index contributed by atoms with van der Waals surface area (Å²) in [7, 11) is 0. The Balaban J connectivity index is 1.64. The first-order chi connectivity index (χ1) is 18.7. The van der Waals surface area contributed by atoms with Gasteiger partial charge in [0.05, 0.1) is 12.1 Å². The first-order valence-corrected chi connectivity index (χ1v) is 12.4. The zero-order chi connectivity index (χ0) is 25.9. The molecule has 3 N–H and O–H groups in total. The molecule has 2 unspecified atom stereocenters. The maximum atomic E-state index is 13.6. The second-order valence-electron chi connectivity index (χ2n) is 9.09. The van der Waals surface area contributed by atoms with Crippen molar-refractivity contribution < 1.29 is 10.2 Å². The van der Waals surface area contributed by atoms with E-state index >= 15 is 0 Å². The lowest BCUT2D eigenvalue weighted by Crippen LogP contribution is -2.27. The maximum absolute atomic E-state index is 13.6. The van der Waals surface area contributed by atoms with Crippen molar-refractivity contribution in [3.05, 3.63) is 133 Å². The molecule has 0 aliphatic rings. The molecule has 186 valence electrons. The number of nitrogens with zero attached hydrogens (tertiary/aromatic N) is 2. The number of pyridine rings is 2. The number of aromatic hydroxyl groups is 1. The molecular formula is C32H25N4O2-. The van der Waals surface area contributed by atoms with E-state index in [0.717, 1.165) is 21.5 Å². The van der Waals surface area contributed by atoms with Gasteiger partial charge in [0, 0.05) is 18.0 Å². The van der Waals surface area contributed by atoms with Gasteiger partial charge in [-0.1, -0.05) is 78.9 Å². The summed E-state index contributed by atoms with van der Waals surface area (Å²) in [6.45, 7) is 0. The van der Waals surface area contributed by atoms with Gasteiger partial charge in [-0.2, -0.15) is 0 Å². The van der Waals surface area contributed by atoms with Gasteiger partial charge in [0.15, 0.2) is 0 Å². The number of phenols is 1. The van der Waals surface area contributed by atoms with Crippen LogP contribution in [0.4, 0.5) is 11.6 Å². The molecule has 6 rings (SSSR count). The highest BCUT2D eigenvalue weighted by atomic mass is 16.3. The van der Waals surface area contributed by atoms with Crippen molar-refractivity contribution in [3.8, 4) is 11.5 Å². The quantitative estimate of drug-likeness (QED) is 0.231. The Morgan fingerprint density at radius 1 is 0.553 bits per heavy atom. The van der Waals surface area contributed by atoms with Crippen LogP contribution in [-0.2, 0) is 0 Å². The number of nitrogens with one attached hydrogen (secondary N) is 2. The SMILES string of the molecule is [O-]c1ccc2ccccc2c1C(Nc1ccccn1)C(Nc1ccccn1)c1c(O)ccc2ccccc12. The number of hydrogen-bond donors (Lipinski definition) is 3. The highest BCUT2D eigenvalue weighted by Crippen LogP contribution is 2.45. The third-order valence-corrected chi connectivity index (χ3v) is 6.77. The molecule has 0 spiro atoms. The molecule has 2 atom stereocenters. The Morgan fingerprint density at radius 2 is 1.05 bits per heavy atom. The van der Waals surface area contributed by atoms with Crippen molar-refractivity contribution in [2.45, 2.75) is 12.1 Å². The van der Waals surface area contributed by atoms with Gasteiger partial charge in [-0.25, -0.2) is 9.97 Å². The van der Waals surface area contributed by atoms with Crippen molar-refractivity contribution in [2.24, 2.45) is 0 Å². The summed E-state index contributed by atoms with van der Waals surface area (Å²) in [6, 6.07) is 32.8. The van der Waals surface area contributed by atoms with Gasteiger partial charge in [0.2, 0.25) is 0 Å². The summed E-state index contributed by atoms with van der Waals surface area (Å²) < 4.78 is 0. The molecule has 6 aromatic rings. The molecule has 0 bridgehead atoms. The van der Waals surface area contributed by atoms with Crippen LogP contribution in [-0.4, -0.2) is 15.1 Å². The molecule has 0 radical (unpaired) electrons. The fourth-order valence-corrected chi connectivity index (χ4v) is 5.07. The fourth-order valence-electron chi connectivity index (χ4n) is 5.07. The predicted octanol–water partition coefficient (Wildman–Crippen LogP) is 6.57. The van der Waals surface area contributed by atoms with Crippen LogP contribution < -0.4 is 15.7 Å². The normalized spacial score (nSPS) is 12.7. The molecule has 38 heavy (non-hydrogen) atoms. The van der Waals surface area contributed by atoms with Gasteiger partial charge in [0.25, 0.3) is 0 Å². The van der Waals surface area contributed by atoms with E-state index in [1.54, 1.807) is 24.5 Å². The van der Waals surface area contributed by atoms with Crippen LogP contribution in [0.15, 0.2) is 122 Å². The third-order valence-electron chi connectivity index (χ3n) is 6.77. The lowest BCUT2D eigenvalue weighted by atomic mass is 9.86. The van der Waals surface area contributed by atoms with Gasteiger partial charge in [0.1, 0.15) is 17.4 Å². The molecule has 0 saturated heterocycles. The highest BCUT2D eigenvalue weighted by molar-refractivity contribution is 5.91. The molecular weight excluding hydrogens is 472 g/mol. The summed E-state index contributed by atoms with van der Waals surface area (Å²) in [5.41, 5.74) is 1.24. The molecule has 0 aliphatic heterocycles. The zero-order valence-corrected chi connectivity index (χ0v) is 20.5. The van der Waals surface area contributed by atoms with Crippen LogP contribution >= 0.6 is 0 Å². The van der Waals surface area contributed by atoms with Crippen LogP contribution in [0.2, 0.25) is 0 Å². The van der Waals surface area contributed by atoms with E-state index in [2.05, 4.69) is 20.6 Å². The minimum absolute atomic E-state index is 0.107. The lowest BCUT2D eigenvalue weighted by Gasteiger charge is -2.35. The second kappa shape index (κ2) is 10.1. The van der Waals surface area contributed by atoms with Gasteiger partial charge >= 0.3 is 0 Å². The third kappa shape index (κ3) is 4.44. The number of fused-ring (bicyclic) bond motifs is 2. The van der Waals surface area contributed by atoms with Crippen molar-refractivity contribution >= 4 is 33.2 Å². The largest absolute Gasteiger partial charge is 0.872 e. The van der Waals surface area contributed by atoms with Gasteiger partial charge in [-0.15, -0.1) is 5.75 Å². The fraction of sp³-hybridized carbons (Fsp3) is 0.0625. The van der Waals surface area contributed by atoms with Crippen LogP contribution in [0.1, 0.15) is 23.2 Å². The van der Waals surface area contributed by atoms with Crippen molar-refractivity contribution in [1.82, 2.24) is 9.97 Å². The van der Waals surface area contributed by atoms with E-state index in [1.165, 1.54) is 0 Å². The highest BCUT2D eigenvalue weighted by Gasteiger charge is 2.31.